The largest absolute Gasteiger partial charge is 0.481 e. The number of ether oxygens (including phenoxy) is 1. The predicted molar refractivity (Wildman–Crippen MR) is 73.8 cm³/mol. The van der Waals surface area contributed by atoms with Crippen molar-refractivity contribution in [2.45, 2.75) is 65.5 Å². The van der Waals surface area contributed by atoms with Crippen molar-refractivity contribution in [1.29, 1.82) is 0 Å². The van der Waals surface area contributed by atoms with Crippen LogP contribution in [0.2, 0.25) is 0 Å². The monoisotopic (exact) mass is 259 g/mol. The zero-order valence-electron chi connectivity index (χ0n) is 12.5. The SMILES string of the molecule is CC(CCCC(C)C(=O)O)NCCOC(C)(C)C. The van der Waals surface area contributed by atoms with E-state index in [0.29, 0.717) is 12.6 Å². The maximum atomic E-state index is 10.6. The first-order valence-corrected chi connectivity index (χ1v) is 6.82. The molecule has 4 heteroatoms. The van der Waals surface area contributed by atoms with Crippen LogP contribution in [0.5, 0.6) is 0 Å². The van der Waals surface area contributed by atoms with Crippen molar-refractivity contribution in [2.75, 3.05) is 13.2 Å². The third kappa shape index (κ3) is 10.5. The Bertz CT molecular complexity index is 236. The maximum Gasteiger partial charge on any atom is 0.306 e. The minimum atomic E-state index is -0.700. The summed E-state index contributed by atoms with van der Waals surface area (Å²) in [5.41, 5.74) is -0.0815. The van der Waals surface area contributed by atoms with Crippen LogP contribution in [0.15, 0.2) is 0 Å². The van der Waals surface area contributed by atoms with Crippen molar-refractivity contribution in [3.05, 3.63) is 0 Å². The quantitative estimate of drug-likeness (QED) is 0.625. The van der Waals surface area contributed by atoms with E-state index < -0.39 is 5.97 Å². The molecule has 0 aliphatic carbocycles. The number of hydrogen-bond donors (Lipinski definition) is 2. The van der Waals surface area contributed by atoms with Gasteiger partial charge in [0.1, 0.15) is 0 Å². The van der Waals surface area contributed by atoms with Gasteiger partial charge in [-0.15, -0.1) is 0 Å². The van der Waals surface area contributed by atoms with Gasteiger partial charge in [0.15, 0.2) is 0 Å². The fourth-order valence-corrected chi connectivity index (χ4v) is 1.62. The number of carbonyl (C=O) groups is 1. The summed E-state index contributed by atoms with van der Waals surface area (Å²) in [6, 6.07) is 0.412. The van der Waals surface area contributed by atoms with Crippen LogP contribution >= 0.6 is 0 Å². The fraction of sp³-hybridized carbons (Fsp3) is 0.929. The van der Waals surface area contributed by atoms with E-state index in [1.807, 2.05) is 20.8 Å². The zero-order chi connectivity index (χ0) is 14.2. The summed E-state index contributed by atoms with van der Waals surface area (Å²) in [6.45, 7) is 11.6. The minimum absolute atomic E-state index is 0.0815. The minimum Gasteiger partial charge on any atom is -0.481 e. The third-order valence-corrected chi connectivity index (χ3v) is 2.83. The normalized spacial score (nSPS) is 15.4. The van der Waals surface area contributed by atoms with Gasteiger partial charge in [-0.2, -0.15) is 0 Å². The Morgan fingerprint density at radius 1 is 1.28 bits per heavy atom. The number of hydrogen-bond acceptors (Lipinski definition) is 3. The van der Waals surface area contributed by atoms with E-state index in [1.165, 1.54) is 0 Å². The molecule has 0 aromatic rings. The summed E-state index contributed by atoms with van der Waals surface area (Å²) in [5, 5.41) is 12.2. The Morgan fingerprint density at radius 3 is 2.39 bits per heavy atom. The standard InChI is InChI=1S/C14H29NO3/c1-11(13(16)17)7-6-8-12(2)15-9-10-18-14(3,4)5/h11-12,15H,6-10H2,1-5H3,(H,16,17). The molecule has 0 radical (unpaired) electrons. The van der Waals surface area contributed by atoms with Crippen molar-refractivity contribution < 1.29 is 14.6 Å². The molecule has 0 aromatic carbocycles. The third-order valence-electron chi connectivity index (χ3n) is 2.83. The lowest BCUT2D eigenvalue weighted by Crippen LogP contribution is -2.32. The molecule has 18 heavy (non-hydrogen) atoms. The van der Waals surface area contributed by atoms with Gasteiger partial charge in [-0.25, -0.2) is 0 Å². The highest BCUT2D eigenvalue weighted by Crippen LogP contribution is 2.09. The molecule has 0 heterocycles. The summed E-state index contributed by atoms with van der Waals surface area (Å²) >= 11 is 0. The van der Waals surface area contributed by atoms with Gasteiger partial charge in [0.25, 0.3) is 0 Å². The zero-order valence-corrected chi connectivity index (χ0v) is 12.5. The number of aliphatic carboxylic acids is 1. The second-order valence-corrected chi connectivity index (χ2v) is 5.99. The molecule has 0 aliphatic rings. The van der Waals surface area contributed by atoms with E-state index in [0.717, 1.165) is 25.8 Å². The van der Waals surface area contributed by atoms with Crippen LogP contribution in [-0.2, 0) is 9.53 Å². The lowest BCUT2D eigenvalue weighted by Gasteiger charge is -2.21. The summed E-state index contributed by atoms with van der Waals surface area (Å²) in [4.78, 5) is 10.6. The van der Waals surface area contributed by atoms with Gasteiger partial charge < -0.3 is 15.2 Å². The van der Waals surface area contributed by atoms with Crippen LogP contribution in [0.4, 0.5) is 0 Å². The Balaban J connectivity index is 3.49. The Hall–Kier alpha value is -0.610. The van der Waals surface area contributed by atoms with E-state index in [-0.39, 0.29) is 11.5 Å². The predicted octanol–water partition coefficient (Wildman–Crippen LogP) is 2.67. The first-order valence-electron chi connectivity index (χ1n) is 6.82. The molecular weight excluding hydrogens is 230 g/mol. The molecule has 2 atom stereocenters. The number of nitrogens with one attached hydrogen (secondary N) is 1. The van der Waals surface area contributed by atoms with Gasteiger partial charge in [-0.1, -0.05) is 13.3 Å². The highest BCUT2D eigenvalue weighted by Gasteiger charge is 2.12. The van der Waals surface area contributed by atoms with Gasteiger partial charge in [-0.3, -0.25) is 4.79 Å². The molecule has 2 unspecified atom stereocenters. The molecule has 0 rings (SSSR count). The Labute approximate surface area is 111 Å². The van der Waals surface area contributed by atoms with Crippen molar-refractivity contribution in [1.82, 2.24) is 5.32 Å². The van der Waals surface area contributed by atoms with Crippen LogP contribution in [0, 0.1) is 5.92 Å². The second kappa shape index (κ2) is 8.48. The van der Waals surface area contributed by atoms with Gasteiger partial charge in [0, 0.05) is 12.6 Å². The van der Waals surface area contributed by atoms with Crippen LogP contribution in [0.3, 0.4) is 0 Å². The van der Waals surface area contributed by atoms with Crippen LogP contribution < -0.4 is 5.32 Å². The lowest BCUT2D eigenvalue weighted by atomic mass is 10.0. The molecule has 0 fully saturated rings. The maximum absolute atomic E-state index is 10.6. The first kappa shape index (κ1) is 17.4. The van der Waals surface area contributed by atoms with E-state index >= 15 is 0 Å². The Morgan fingerprint density at radius 2 is 1.89 bits per heavy atom. The van der Waals surface area contributed by atoms with Gasteiger partial charge in [0.05, 0.1) is 18.1 Å². The van der Waals surface area contributed by atoms with E-state index in [9.17, 15) is 4.79 Å². The van der Waals surface area contributed by atoms with Gasteiger partial charge in [0.2, 0.25) is 0 Å². The number of carboxylic acid groups (broad SMARTS) is 1. The van der Waals surface area contributed by atoms with Crippen molar-refractivity contribution >= 4 is 5.97 Å². The van der Waals surface area contributed by atoms with Crippen LogP contribution in [-0.4, -0.2) is 35.9 Å². The fourth-order valence-electron chi connectivity index (χ4n) is 1.62. The summed E-state index contributed by atoms with van der Waals surface area (Å²) in [7, 11) is 0. The summed E-state index contributed by atoms with van der Waals surface area (Å²) < 4.78 is 5.61. The molecule has 0 aromatic heterocycles. The van der Waals surface area contributed by atoms with Crippen LogP contribution in [0.25, 0.3) is 0 Å². The Kier molecular flexibility index (Phi) is 8.20. The second-order valence-electron chi connectivity index (χ2n) is 5.99. The smallest absolute Gasteiger partial charge is 0.306 e. The molecule has 0 saturated carbocycles. The molecule has 0 spiro atoms. The first-order chi connectivity index (χ1) is 8.22. The van der Waals surface area contributed by atoms with E-state index in [2.05, 4.69) is 12.2 Å². The molecule has 0 amide bonds. The average Bonchev–Trinajstić information content (AvgIpc) is 2.22. The summed E-state index contributed by atoms with van der Waals surface area (Å²) in [5.74, 6) is -0.935. The van der Waals surface area contributed by atoms with E-state index in [4.69, 9.17) is 9.84 Å². The molecule has 0 saturated heterocycles. The topological polar surface area (TPSA) is 58.6 Å². The lowest BCUT2D eigenvalue weighted by molar-refractivity contribution is -0.141. The number of rotatable bonds is 9. The van der Waals surface area contributed by atoms with Gasteiger partial charge in [-0.05, 0) is 40.5 Å². The molecule has 108 valence electrons. The van der Waals surface area contributed by atoms with Gasteiger partial charge >= 0.3 is 5.97 Å². The van der Waals surface area contributed by atoms with Crippen molar-refractivity contribution in [3.8, 4) is 0 Å². The highest BCUT2D eigenvalue weighted by atomic mass is 16.5. The molecule has 4 nitrogen and oxygen atoms in total. The van der Waals surface area contributed by atoms with Crippen molar-refractivity contribution in [3.63, 3.8) is 0 Å². The van der Waals surface area contributed by atoms with E-state index in [1.54, 1.807) is 6.92 Å². The molecule has 2 N–H and O–H groups in total. The number of carboxylic acids is 1. The molecule has 0 aliphatic heterocycles. The molecule has 0 bridgehead atoms. The van der Waals surface area contributed by atoms with Crippen molar-refractivity contribution in [2.24, 2.45) is 5.92 Å². The summed E-state index contributed by atoms with van der Waals surface area (Å²) in [6.07, 6.45) is 2.70. The highest BCUT2D eigenvalue weighted by molar-refractivity contribution is 5.69. The molecular formula is C14H29NO3. The average molecular weight is 259 g/mol. The van der Waals surface area contributed by atoms with Crippen LogP contribution in [0.1, 0.15) is 53.9 Å².